The first-order valence-electron chi connectivity index (χ1n) is 22.7. The molecule has 12 aromatic carbocycles. The van der Waals surface area contributed by atoms with Gasteiger partial charge < -0.3 is 8.98 Å². The summed E-state index contributed by atoms with van der Waals surface area (Å²) >= 11 is 0. The van der Waals surface area contributed by atoms with Crippen molar-refractivity contribution in [3.8, 4) is 50.2 Å². The molecular formula is C64H39NO. The maximum Gasteiger partial charge on any atom is 0.143 e. The van der Waals surface area contributed by atoms with E-state index in [0.717, 1.165) is 49.9 Å². The van der Waals surface area contributed by atoms with Gasteiger partial charge in [-0.3, -0.25) is 0 Å². The molecule has 0 N–H and O–H groups in total. The average molecular weight is 838 g/mol. The van der Waals surface area contributed by atoms with Crippen molar-refractivity contribution >= 4 is 86.8 Å². The Morgan fingerprint density at radius 3 is 1.39 bits per heavy atom. The van der Waals surface area contributed by atoms with Gasteiger partial charge in [0.05, 0.1) is 11.0 Å². The van der Waals surface area contributed by atoms with Gasteiger partial charge in [-0.2, -0.15) is 0 Å². The van der Waals surface area contributed by atoms with Gasteiger partial charge in [0.1, 0.15) is 11.2 Å². The Bertz CT molecular complexity index is 4210. The largest absolute Gasteiger partial charge is 0.455 e. The van der Waals surface area contributed by atoms with Gasteiger partial charge in [0.25, 0.3) is 0 Å². The van der Waals surface area contributed by atoms with Gasteiger partial charge in [0.2, 0.25) is 0 Å². The number of fused-ring (bicyclic) bond motifs is 11. The molecule has 0 aliphatic carbocycles. The van der Waals surface area contributed by atoms with Crippen molar-refractivity contribution in [1.29, 1.82) is 0 Å². The summed E-state index contributed by atoms with van der Waals surface area (Å²) in [6, 6.07) is 86.3. The van der Waals surface area contributed by atoms with Crippen molar-refractivity contribution in [2.24, 2.45) is 0 Å². The fourth-order valence-corrected chi connectivity index (χ4v) is 11.0. The third kappa shape index (κ3) is 5.49. The lowest BCUT2D eigenvalue weighted by molar-refractivity contribution is 0.671. The van der Waals surface area contributed by atoms with Crippen molar-refractivity contribution in [2.75, 3.05) is 0 Å². The van der Waals surface area contributed by atoms with Crippen molar-refractivity contribution in [2.45, 2.75) is 0 Å². The maximum absolute atomic E-state index is 7.00. The highest BCUT2D eigenvalue weighted by atomic mass is 16.3. The van der Waals surface area contributed by atoms with Gasteiger partial charge >= 0.3 is 0 Å². The van der Waals surface area contributed by atoms with Crippen LogP contribution in [0.15, 0.2) is 241 Å². The third-order valence-electron chi connectivity index (χ3n) is 14.0. The number of hydrogen-bond acceptors (Lipinski definition) is 1. The fraction of sp³-hybridized carbons (Fsp3) is 0. The second-order valence-corrected chi connectivity index (χ2v) is 17.5. The fourth-order valence-electron chi connectivity index (χ4n) is 11.0. The predicted molar refractivity (Wildman–Crippen MR) is 280 cm³/mol. The van der Waals surface area contributed by atoms with Crippen LogP contribution in [-0.2, 0) is 0 Å². The molecule has 0 aliphatic heterocycles. The van der Waals surface area contributed by atoms with E-state index in [9.17, 15) is 0 Å². The van der Waals surface area contributed by atoms with Crippen molar-refractivity contribution in [1.82, 2.24) is 4.57 Å². The topological polar surface area (TPSA) is 18.1 Å². The lowest BCUT2D eigenvalue weighted by Crippen LogP contribution is -1.94. The smallest absolute Gasteiger partial charge is 0.143 e. The van der Waals surface area contributed by atoms with E-state index in [1.807, 2.05) is 0 Å². The van der Waals surface area contributed by atoms with E-state index in [1.165, 1.54) is 87.1 Å². The molecule has 0 fully saturated rings. The summed E-state index contributed by atoms with van der Waals surface area (Å²) < 4.78 is 9.41. The Labute approximate surface area is 380 Å². The highest BCUT2D eigenvalue weighted by Gasteiger charge is 2.20. The second-order valence-electron chi connectivity index (χ2n) is 17.5. The number of nitrogens with zero attached hydrogens (tertiary/aromatic N) is 1. The Morgan fingerprint density at radius 2 is 0.727 bits per heavy atom. The summed E-state index contributed by atoms with van der Waals surface area (Å²) in [5.41, 5.74) is 14.7. The molecule has 0 spiro atoms. The zero-order chi connectivity index (χ0) is 43.3. The van der Waals surface area contributed by atoms with E-state index in [0.29, 0.717) is 0 Å². The molecule has 0 unspecified atom stereocenters. The van der Waals surface area contributed by atoms with Crippen LogP contribution in [-0.4, -0.2) is 4.57 Å². The SMILES string of the molecule is c1ccc(-c2c3ccccc3c(-c3ccc(-n4c5ccccc5c5cc(-c6cccc7c6oc6c(-c8ccc9c(ccc%10ccccc%109)c8)cccc67)ccc54)cc3)c3ccccc23)cc1. The molecule has 2 nitrogen and oxygen atoms in total. The molecule has 14 rings (SSSR count). The van der Waals surface area contributed by atoms with Crippen molar-refractivity contribution < 1.29 is 4.42 Å². The Kier molecular flexibility index (Phi) is 8.02. The quantitative estimate of drug-likeness (QED) is 0.125. The Hall–Kier alpha value is -8.72. The summed E-state index contributed by atoms with van der Waals surface area (Å²) in [5.74, 6) is 0. The lowest BCUT2D eigenvalue weighted by atomic mass is 9.86. The molecule has 2 heteroatoms. The molecule has 0 amide bonds. The number of para-hydroxylation sites is 3. The number of benzene rings is 12. The lowest BCUT2D eigenvalue weighted by Gasteiger charge is -2.18. The van der Waals surface area contributed by atoms with Gasteiger partial charge in [0, 0.05) is 38.4 Å². The van der Waals surface area contributed by atoms with Crippen LogP contribution in [0.1, 0.15) is 0 Å². The number of furan rings is 1. The molecule has 306 valence electrons. The summed E-state index contributed by atoms with van der Waals surface area (Å²) in [6.45, 7) is 0. The van der Waals surface area contributed by atoms with E-state index in [1.54, 1.807) is 0 Å². The molecular weight excluding hydrogens is 799 g/mol. The van der Waals surface area contributed by atoms with Crippen LogP contribution in [0.4, 0.5) is 0 Å². The molecule has 0 aliphatic rings. The molecule has 0 bridgehead atoms. The van der Waals surface area contributed by atoms with Crippen LogP contribution in [0.25, 0.3) is 137 Å². The molecule has 0 saturated carbocycles. The second kappa shape index (κ2) is 14.4. The molecule has 0 atom stereocenters. The van der Waals surface area contributed by atoms with Gasteiger partial charge in [-0.1, -0.05) is 200 Å². The molecule has 0 radical (unpaired) electrons. The minimum absolute atomic E-state index is 0.905. The molecule has 66 heavy (non-hydrogen) atoms. The van der Waals surface area contributed by atoms with E-state index < -0.39 is 0 Å². The summed E-state index contributed by atoms with van der Waals surface area (Å²) in [5, 5.41) is 14.7. The zero-order valence-electron chi connectivity index (χ0n) is 35.9. The van der Waals surface area contributed by atoms with Gasteiger partial charge in [-0.15, -0.1) is 0 Å². The molecule has 2 heterocycles. The summed E-state index contributed by atoms with van der Waals surface area (Å²) in [4.78, 5) is 0. The number of hydrogen-bond donors (Lipinski definition) is 0. The van der Waals surface area contributed by atoms with E-state index >= 15 is 0 Å². The van der Waals surface area contributed by atoms with Crippen LogP contribution in [0, 0.1) is 0 Å². The summed E-state index contributed by atoms with van der Waals surface area (Å²) in [7, 11) is 0. The highest BCUT2D eigenvalue weighted by molar-refractivity contribution is 6.22. The normalized spacial score (nSPS) is 11.9. The van der Waals surface area contributed by atoms with Gasteiger partial charge in [-0.25, -0.2) is 0 Å². The first-order chi connectivity index (χ1) is 32.7. The molecule has 14 aromatic rings. The van der Waals surface area contributed by atoms with E-state index in [2.05, 4.69) is 241 Å². The maximum atomic E-state index is 7.00. The average Bonchev–Trinajstić information content (AvgIpc) is 3.94. The third-order valence-corrected chi connectivity index (χ3v) is 14.0. The monoisotopic (exact) mass is 837 g/mol. The van der Waals surface area contributed by atoms with Crippen molar-refractivity contribution in [3.63, 3.8) is 0 Å². The van der Waals surface area contributed by atoms with Crippen LogP contribution in [0.3, 0.4) is 0 Å². The van der Waals surface area contributed by atoms with E-state index in [-0.39, 0.29) is 0 Å². The van der Waals surface area contributed by atoms with Crippen LogP contribution >= 0.6 is 0 Å². The first-order valence-corrected chi connectivity index (χ1v) is 22.7. The van der Waals surface area contributed by atoms with Gasteiger partial charge in [-0.05, 0) is 113 Å². The van der Waals surface area contributed by atoms with Crippen LogP contribution in [0.2, 0.25) is 0 Å². The number of aromatic nitrogens is 1. The molecule has 2 aromatic heterocycles. The Balaban J connectivity index is 0.885. The van der Waals surface area contributed by atoms with Gasteiger partial charge in [0.15, 0.2) is 0 Å². The standard InChI is InChI=1S/C64H39NO/c1-2-15-41(16-3-1)61-52-19-6-8-21-54(52)62(55-22-9-7-20-53(55)61)42-30-34-46(35-31-42)65-59-27-11-10-18-51(59)58-39-45(33-37-60(58)65)50-24-13-26-57-56-25-12-23-49(63(56)66-64(50)57)44-32-36-48-43(38-44)29-28-40-14-4-5-17-47(40)48/h1-39H. The predicted octanol–water partition coefficient (Wildman–Crippen LogP) is 18.0. The van der Waals surface area contributed by atoms with Crippen LogP contribution in [0.5, 0.6) is 0 Å². The highest BCUT2D eigenvalue weighted by Crippen LogP contribution is 2.45. The Morgan fingerprint density at radius 1 is 0.258 bits per heavy atom. The minimum Gasteiger partial charge on any atom is -0.455 e. The minimum atomic E-state index is 0.905. The zero-order valence-corrected chi connectivity index (χ0v) is 35.9. The summed E-state index contributed by atoms with van der Waals surface area (Å²) in [6.07, 6.45) is 0. The van der Waals surface area contributed by atoms with Crippen LogP contribution < -0.4 is 0 Å². The number of rotatable bonds is 5. The van der Waals surface area contributed by atoms with E-state index in [4.69, 9.17) is 4.42 Å². The first kappa shape index (κ1) is 36.7. The van der Waals surface area contributed by atoms with Crippen molar-refractivity contribution in [3.05, 3.63) is 237 Å². The molecule has 0 saturated heterocycles.